The number of benzene rings is 2. The van der Waals surface area contributed by atoms with E-state index in [-0.39, 0.29) is 18.2 Å². The van der Waals surface area contributed by atoms with Crippen LogP contribution in [0.5, 0.6) is 0 Å². The molecule has 4 aromatic rings. The van der Waals surface area contributed by atoms with E-state index in [0.717, 1.165) is 33.1 Å². The smallest absolute Gasteiger partial charge is 0.326 e. The van der Waals surface area contributed by atoms with Gasteiger partial charge in [0.2, 0.25) is 5.91 Å². The van der Waals surface area contributed by atoms with Gasteiger partial charge in [-0.25, -0.2) is 14.8 Å². The lowest BCUT2D eigenvalue weighted by Gasteiger charge is -2.18. The second-order valence-corrected chi connectivity index (χ2v) is 7.43. The van der Waals surface area contributed by atoms with Crippen LogP contribution in [-0.4, -0.2) is 37.6 Å². The first-order chi connectivity index (χ1) is 14.0. The summed E-state index contributed by atoms with van der Waals surface area (Å²) in [5.74, 6) is -1.52. The van der Waals surface area contributed by atoms with Crippen LogP contribution < -0.4 is 5.32 Å². The number of nitrogens with one attached hydrogen (secondary N) is 1. The third-order valence-corrected chi connectivity index (χ3v) is 5.07. The fraction of sp³-hybridized carbons (Fsp3) is 0.273. The van der Waals surface area contributed by atoms with Crippen molar-refractivity contribution < 1.29 is 14.7 Å². The Morgan fingerprint density at radius 2 is 1.69 bits per heavy atom. The van der Waals surface area contributed by atoms with Gasteiger partial charge in [-0.05, 0) is 24.1 Å². The molecule has 7 nitrogen and oxygen atoms in total. The van der Waals surface area contributed by atoms with E-state index in [4.69, 9.17) is 9.97 Å². The maximum atomic E-state index is 12.4. The van der Waals surface area contributed by atoms with E-state index in [9.17, 15) is 14.7 Å². The number of carboxylic acid groups (broad SMARTS) is 1. The second-order valence-electron chi connectivity index (χ2n) is 7.43. The topological polar surface area (TPSA) is 97.1 Å². The minimum absolute atomic E-state index is 0.152. The minimum atomic E-state index is -1.03. The summed E-state index contributed by atoms with van der Waals surface area (Å²) in [7, 11) is 0. The highest BCUT2D eigenvalue weighted by Gasteiger charge is 2.23. The Kier molecular flexibility index (Phi) is 4.88. The maximum Gasteiger partial charge on any atom is 0.326 e. The molecule has 2 aromatic carbocycles. The fourth-order valence-corrected chi connectivity index (χ4v) is 3.58. The van der Waals surface area contributed by atoms with Crippen molar-refractivity contribution in [2.75, 3.05) is 0 Å². The van der Waals surface area contributed by atoms with Gasteiger partial charge in [0.15, 0.2) is 5.65 Å². The number of fused-ring (bicyclic) bond motifs is 4. The molecule has 0 aliphatic carbocycles. The molecule has 0 saturated carbocycles. The predicted molar refractivity (Wildman–Crippen MR) is 112 cm³/mol. The van der Waals surface area contributed by atoms with Gasteiger partial charge in [0.1, 0.15) is 11.6 Å². The van der Waals surface area contributed by atoms with E-state index in [0.29, 0.717) is 6.54 Å². The molecule has 0 aliphatic rings. The molecule has 0 fully saturated rings. The van der Waals surface area contributed by atoms with Crippen LogP contribution in [0.15, 0.2) is 48.5 Å². The molecule has 0 saturated heterocycles. The zero-order valence-electron chi connectivity index (χ0n) is 16.3. The Morgan fingerprint density at radius 3 is 2.38 bits per heavy atom. The Morgan fingerprint density at radius 1 is 1.03 bits per heavy atom. The number of rotatable bonds is 6. The summed E-state index contributed by atoms with van der Waals surface area (Å²) in [6.07, 6.45) is 0.152. The lowest BCUT2D eigenvalue weighted by molar-refractivity contribution is -0.143. The number of hydrogen-bond donors (Lipinski definition) is 2. The molecule has 4 rings (SSSR count). The van der Waals surface area contributed by atoms with Crippen LogP contribution in [-0.2, 0) is 16.1 Å². The van der Waals surface area contributed by atoms with Gasteiger partial charge >= 0.3 is 5.97 Å². The molecule has 0 bridgehead atoms. The van der Waals surface area contributed by atoms with Gasteiger partial charge in [0, 0.05) is 18.4 Å². The summed E-state index contributed by atoms with van der Waals surface area (Å²) < 4.78 is 1.98. The SMILES string of the molecule is CC(C)C(NC(=O)CCn1c2ccccc2c2nc3ccccc3nc21)C(=O)O. The van der Waals surface area contributed by atoms with Crippen LogP contribution in [0, 0.1) is 5.92 Å². The lowest BCUT2D eigenvalue weighted by Crippen LogP contribution is -2.44. The first-order valence-corrected chi connectivity index (χ1v) is 9.61. The lowest BCUT2D eigenvalue weighted by atomic mass is 10.0. The van der Waals surface area contributed by atoms with Gasteiger partial charge in [0.25, 0.3) is 0 Å². The summed E-state index contributed by atoms with van der Waals surface area (Å²) in [6, 6.07) is 14.7. The largest absolute Gasteiger partial charge is 0.480 e. The second kappa shape index (κ2) is 7.50. The monoisotopic (exact) mass is 390 g/mol. The number of aliphatic carboxylic acids is 1. The number of carbonyl (C=O) groups excluding carboxylic acids is 1. The Bertz CT molecular complexity index is 1230. The standard InChI is InChI=1S/C22H22N4O3/c1-13(2)19(22(28)29)25-18(27)11-12-26-17-10-6-3-7-14(17)20-21(26)24-16-9-5-4-8-15(16)23-20/h3-10,13,19H,11-12H2,1-2H3,(H,25,27)(H,28,29). The van der Waals surface area contributed by atoms with Crippen LogP contribution in [0.1, 0.15) is 20.3 Å². The molecule has 0 spiro atoms. The quantitative estimate of drug-likeness (QED) is 0.526. The molecule has 0 radical (unpaired) electrons. The van der Waals surface area contributed by atoms with Gasteiger partial charge in [-0.2, -0.15) is 0 Å². The molecule has 29 heavy (non-hydrogen) atoms. The molecule has 1 atom stereocenters. The van der Waals surface area contributed by atoms with Crippen molar-refractivity contribution in [3.63, 3.8) is 0 Å². The molecule has 7 heteroatoms. The van der Waals surface area contributed by atoms with E-state index in [2.05, 4.69) is 5.32 Å². The number of nitrogens with zero attached hydrogens (tertiary/aromatic N) is 3. The van der Waals surface area contributed by atoms with E-state index in [1.54, 1.807) is 13.8 Å². The molecule has 1 unspecified atom stereocenters. The van der Waals surface area contributed by atoms with E-state index >= 15 is 0 Å². The molecule has 0 aliphatic heterocycles. The summed E-state index contributed by atoms with van der Waals surface area (Å²) in [5, 5.41) is 12.9. The predicted octanol–water partition coefficient (Wildman–Crippen LogP) is 3.35. The highest BCUT2D eigenvalue weighted by atomic mass is 16.4. The summed E-state index contributed by atoms with van der Waals surface area (Å²) in [5.41, 5.74) is 4.08. The molecule has 2 heterocycles. The minimum Gasteiger partial charge on any atom is -0.480 e. The number of carboxylic acids is 1. The molecule has 1 amide bonds. The number of hydrogen-bond acceptors (Lipinski definition) is 4. The van der Waals surface area contributed by atoms with Gasteiger partial charge in [-0.1, -0.05) is 44.2 Å². The van der Waals surface area contributed by atoms with Crippen LogP contribution >= 0.6 is 0 Å². The van der Waals surface area contributed by atoms with Crippen LogP contribution in [0.2, 0.25) is 0 Å². The van der Waals surface area contributed by atoms with Crippen LogP contribution in [0.25, 0.3) is 33.1 Å². The maximum absolute atomic E-state index is 12.4. The van der Waals surface area contributed by atoms with E-state index in [1.807, 2.05) is 53.1 Å². The Hall–Kier alpha value is -3.48. The highest BCUT2D eigenvalue weighted by Crippen LogP contribution is 2.28. The van der Waals surface area contributed by atoms with Crippen molar-refractivity contribution in [2.45, 2.75) is 32.9 Å². The van der Waals surface area contributed by atoms with Crippen molar-refractivity contribution in [1.29, 1.82) is 0 Å². The first-order valence-electron chi connectivity index (χ1n) is 9.61. The number of para-hydroxylation sites is 3. The molecular weight excluding hydrogens is 368 g/mol. The number of aryl methyl sites for hydroxylation is 1. The van der Waals surface area contributed by atoms with Crippen molar-refractivity contribution >= 4 is 45.0 Å². The van der Waals surface area contributed by atoms with E-state index < -0.39 is 12.0 Å². The summed E-state index contributed by atoms with van der Waals surface area (Å²) in [4.78, 5) is 33.3. The third-order valence-electron chi connectivity index (χ3n) is 5.07. The van der Waals surface area contributed by atoms with Crippen molar-refractivity contribution in [3.8, 4) is 0 Å². The number of aromatic nitrogens is 3. The zero-order chi connectivity index (χ0) is 20.5. The molecular formula is C22H22N4O3. The van der Waals surface area contributed by atoms with Crippen molar-refractivity contribution in [3.05, 3.63) is 48.5 Å². The molecule has 2 N–H and O–H groups in total. The Balaban J connectivity index is 1.70. The van der Waals surface area contributed by atoms with Crippen molar-refractivity contribution in [1.82, 2.24) is 19.9 Å². The van der Waals surface area contributed by atoms with Crippen LogP contribution in [0.3, 0.4) is 0 Å². The van der Waals surface area contributed by atoms with Crippen LogP contribution in [0.4, 0.5) is 0 Å². The van der Waals surface area contributed by atoms with Gasteiger partial charge in [-0.15, -0.1) is 0 Å². The Labute approximate surface area is 167 Å². The van der Waals surface area contributed by atoms with E-state index in [1.165, 1.54) is 0 Å². The summed E-state index contributed by atoms with van der Waals surface area (Å²) in [6.45, 7) is 3.92. The number of amides is 1. The summed E-state index contributed by atoms with van der Waals surface area (Å²) >= 11 is 0. The fourth-order valence-electron chi connectivity index (χ4n) is 3.58. The average molecular weight is 390 g/mol. The number of carbonyl (C=O) groups is 2. The first kappa shape index (κ1) is 18.9. The molecule has 148 valence electrons. The average Bonchev–Trinajstić information content (AvgIpc) is 3.01. The normalized spacial score (nSPS) is 12.7. The third kappa shape index (κ3) is 3.51. The van der Waals surface area contributed by atoms with Gasteiger partial charge in [0.05, 0.1) is 16.6 Å². The van der Waals surface area contributed by atoms with Gasteiger partial charge in [-0.3, -0.25) is 4.79 Å². The molecule has 2 aromatic heterocycles. The highest BCUT2D eigenvalue weighted by molar-refractivity contribution is 6.06. The van der Waals surface area contributed by atoms with Gasteiger partial charge < -0.3 is 15.0 Å². The zero-order valence-corrected chi connectivity index (χ0v) is 16.3. The van der Waals surface area contributed by atoms with Crippen molar-refractivity contribution in [2.24, 2.45) is 5.92 Å².